The van der Waals surface area contributed by atoms with Crippen molar-refractivity contribution >= 4 is 29.1 Å². The number of carbonyl (C=O) groups excluding carboxylic acids is 1. The highest BCUT2D eigenvalue weighted by molar-refractivity contribution is 6.42. The Kier molecular flexibility index (Phi) is 2.85. The number of nitrogens with two attached hydrogens (primary N) is 1. The Morgan fingerprint density at radius 1 is 1.31 bits per heavy atom. The van der Waals surface area contributed by atoms with Crippen LogP contribution < -0.4 is 5.73 Å². The van der Waals surface area contributed by atoms with Gasteiger partial charge in [0.25, 0.3) is 5.91 Å². The third kappa shape index (κ3) is 2.03. The molecule has 0 radical (unpaired) electrons. The maximum atomic E-state index is 10.8. The van der Waals surface area contributed by atoms with Gasteiger partial charge >= 0.3 is 0 Å². The maximum Gasteiger partial charge on any atom is 0.284 e. The first kappa shape index (κ1) is 11.0. The van der Waals surface area contributed by atoms with Gasteiger partial charge in [0, 0.05) is 5.56 Å². The molecule has 1 aromatic carbocycles. The molecule has 0 atom stereocenters. The number of carbonyl (C=O) groups is 1. The van der Waals surface area contributed by atoms with Crippen molar-refractivity contribution in [3.8, 4) is 11.3 Å². The van der Waals surface area contributed by atoms with Gasteiger partial charge in [0.05, 0.1) is 21.9 Å². The van der Waals surface area contributed by atoms with E-state index in [2.05, 4.69) is 9.97 Å². The van der Waals surface area contributed by atoms with E-state index in [9.17, 15) is 4.79 Å². The van der Waals surface area contributed by atoms with Crippen LogP contribution in [0.2, 0.25) is 10.0 Å². The average Bonchev–Trinajstić information content (AvgIpc) is 2.71. The number of H-pyrrole nitrogens is 1. The van der Waals surface area contributed by atoms with Crippen LogP contribution in [0.4, 0.5) is 0 Å². The number of amides is 1. The number of primary amides is 1. The Morgan fingerprint density at radius 2 is 2.06 bits per heavy atom. The van der Waals surface area contributed by atoms with Crippen LogP contribution >= 0.6 is 23.2 Å². The minimum absolute atomic E-state index is 0.112. The summed E-state index contributed by atoms with van der Waals surface area (Å²) in [5.74, 6) is -0.493. The summed E-state index contributed by atoms with van der Waals surface area (Å²) in [6, 6.07) is 5.12. The van der Waals surface area contributed by atoms with Crippen molar-refractivity contribution in [1.29, 1.82) is 0 Å². The van der Waals surface area contributed by atoms with Crippen LogP contribution in [0, 0.1) is 0 Å². The van der Waals surface area contributed by atoms with E-state index in [0.29, 0.717) is 15.7 Å². The van der Waals surface area contributed by atoms with Crippen LogP contribution in [0.15, 0.2) is 24.4 Å². The highest BCUT2D eigenvalue weighted by atomic mass is 35.5. The van der Waals surface area contributed by atoms with Crippen LogP contribution in [0.1, 0.15) is 10.6 Å². The molecule has 16 heavy (non-hydrogen) atoms. The van der Waals surface area contributed by atoms with Gasteiger partial charge in [-0.2, -0.15) is 0 Å². The molecule has 0 spiro atoms. The molecule has 1 amide bonds. The number of nitrogens with one attached hydrogen (secondary N) is 1. The topological polar surface area (TPSA) is 71.8 Å². The number of rotatable bonds is 2. The van der Waals surface area contributed by atoms with Gasteiger partial charge < -0.3 is 10.7 Å². The molecular weight excluding hydrogens is 249 g/mol. The fourth-order valence-corrected chi connectivity index (χ4v) is 1.55. The lowest BCUT2D eigenvalue weighted by Gasteiger charge is -1.99. The van der Waals surface area contributed by atoms with Crippen LogP contribution in [0.3, 0.4) is 0 Å². The van der Waals surface area contributed by atoms with Gasteiger partial charge in [-0.05, 0) is 12.1 Å². The summed E-state index contributed by atoms with van der Waals surface area (Å²) in [6.45, 7) is 0. The number of nitrogens with zero attached hydrogens (tertiary/aromatic N) is 1. The fraction of sp³-hybridized carbons (Fsp3) is 0. The van der Waals surface area contributed by atoms with Crippen LogP contribution in [0.25, 0.3) is 11.3 Å². The summed E-state index contributed by atoms with van der Waals surface area (Å²) in [6.07, 6.45) is 1.51. The number of halogens is 2. The van der Waals surface area contributed by atoms with Crippen LogP contribution in [-0.4, -0.2) is 15.9 Å². The van der Waals surface area contributed by atoms with E-state index in [-0.39, 0.29) is 5.82 Å². The summed E-state index contributed by atoms with van der Waals surface area (Å²) in [5.41, 5.74) is 6.53. The fourth-order valence-electron chi connectivity index (χ4n) is 1.26. The Labute approximate surface area is 101 Å². The van der Waals surface area contributed by atoms with E-state index in [0.717, 1.165) is 5.56 Å². The largest absolute Gasteiger partial charge is 0.363 e. The molecule has 2 aromatic rings. The number of benzene rings is 1. The van der Waals surface area contributed by atoms with E-state index in [1.165, 1.54) is 6.20 Å². The molecular formula is C10H7Cl2N3O. The van der Waals surface area contributed by atoms with Gasteiger partial charge in [0.1, 0.15) is 0 Å². The number of aromatic amines is 1. The number of hydrogen-bond acceptors (Lipinski definition) is 2. The van der Waals surface area contributed by atoms with Gasteiger partial charge in [0.2, 0.25) is 0 Å². The molecule has 6 heteroatoms. The SMILES string of the molecule is NC(=O)c1ncc(-c2ccc(Cl)c(Cl)c2)[nH]1. The first-order valence-corrected chi connectivity index (χ1v) is 5.14. The summed E-state index contributed by atoms with van der Waals surface area (Å²) in [5, 5.41) is 0.912. The average molecular weight is 256 g/mol. The third-order valence-electron chi connectivity index (χ3n) is 2.04. The molecule has 0 fully saturated rings. The molecule has 2 rings (SSSR count). The molecule has 4 nitrogen and oxygen atoms in total. The second kappa shape index (κ2) is 4.15. The standard InChI is InChI=1S/C10H7Cl2N3O/c11-6-2-1-5(3-7(6)12)8-4-14-10(15-8)9(13)16/h1-4H,(H2,13,16)(H,14,15). The number of hydrogen-bond donors (Lipinski definition) is 2. The smallest absolute Gasteiger partial charge is 0.284 e. The lowest BCUT2D eigenvalue weighted by molar-refractivity contribution is 0.0991. The van der Waals surface area contributed by atoms with E-state index >= 15 is 0 Å². The lowest BCUT2D eigenvalue weighted by Crippen LogP contribution is -2.12. The minimum atomic E-state index is -0.605. The van der Waals surface area contributed by atoms with Crippen molar-refractivity contribution in [3.05, 3.63) is 40.3 Å². The molecule has 1 heterocycles. The molecule has 0 aliphatic heterocycles. The van der Waals surface area contributed by atoms with Crippen molar-refractivity contribution in [2.45, 2.75) is 0 Å². The molecule has 3 N–H and O–H groups in total. The van der Waals surface area contributed by atoms with Crippen LogP contribution in [-0.2, 0) is 0 Å². The molecule has 0 saturated carbocycles. The monoisotopic (exact) mass is 255 g/mol. The van der Waals surface area contributed by atoms with Gasteiger partial charge in [-0.3, -0.25) is 4.79 Å². The van der Waals surface area contributed by atoms with Crippen molar-refractivity contribution in [1.82, 2.24) is 9.97 Å². The first-order chi connectivity index (χ1) is 7.58. The van der Waals surface area contributed by atoms with Gasteiger partial charge in [0.15, 0.2) is 5.82 Å². The predicted molar refractivity (Wildman–Crippen MR) is 62.6 cm³/mol. The highest BCUT2D eigenvalue weighted by Gasteiger charge is 2.08. The summed E-state index contributed by atoms with van der Waals surface area (Å²) < 4.78 is 0. The van der Waals surface area contributed by atoms with Crippen molar-refractivity contribution in [3.63, 3.8) is 0 Å². The Balaban J connectivity index is 2.42. The molecule has 0 unspecified atom stereocenters. The predicted octanol–water partition coefficient (Wildman–Crippen LogP) is 2.48. The Bertz CT molecular complexity index is 551. The quantitative estimate of drug-likeness (QED) is 0.866. The van der Waals surface area contributed by atoms with Gasteiger partial charge in [-0.15, -0.1) is 0 Å². The first-order valence-electron chi connectivity index (χ1n) is 4.38. The molecule has 0 bridgehead atoms. The number of aromatic nitrogens is 2. The Hall–Kier alpha value is -1.52. The van der Waals surface area contributed by atoms with Gasteiger partial charge in [-0.1, -0.05) is 29.3 Å². The van der Waals surface area contributed by atoms with E-state index < -0.39 is 5.91 Å². The molecule has 82 valence electrons. The third-order valence-corrected chi connectivity index (χ3v) is 2.78. The van der Waals surface area contributed by atoms with Crippen molar-refractivity contribution < 1.29 is 4.79 Å². The summed E-state index contributed by atoms with van der Waals surface area (Å²) in [4.78, 5) is 17.5. The molecule has 1 aromatic heterocycles. The molecule has 0 aliphatic rings. The van der Waals surface area contributed by atoms with Gasteiger partial charge in [-0.25, -0.2) is 4.98 Å². The normalized spacial score (nSPS) is 10.4. The zero-order chi connectivity index (χ0) is 11.7. The second-order valence-electron chi connectivity index (χ2n) is 3.14. The second-order valence-corrected chi connectivity index (χ2v) is 3.95. The zero-order valence-corrected chi connectivity index (χ0v) is 9.51. The summed E-state index contributed by atoms with van der Waals surface area (Å²) >= 11 is 11.7. The van der Waals surface area contributed by atoms with Crippen LogP contribution in [0.5, 0.6) is 0 Å². The lowest BCUT2D eigenvalue weighted by atomic mass is 10.2. The maximum absolute atomic E-state index is 10.8. The minimum Gasteiger partial charge on any atom is -0.363 e. The van der Waals surface area contributed by atoms with E-state index in [1.54, 1.807) is 18.2 Å². The molecule has 0 saturated heterocycles. The highest BCUT2D eigenvalue weighted by Crippen LogP contribution is 2.27. The van der Waals surface area contributed by atoms with Crippen molar-refractivity contribution in [2.24, 2.45) is 5.73 Å². The van der Waals surface area contributed by atoms with E-state index in [1.807, 2.05) is 0 Å². The summed E-state index contributed by atoms with van der Waals surface area (Å²) in [7, 11) is 0. The van der Waals surface area contributed by atoms with Crippen molar-refractivity contribution in [2.75, 3.05) is 0 Å². The number of imidazole rings is 1. The zero-order valence-electron chi connectivity index (χ0n) is 8.00. The Morgan fingerprint density at radius 3 is 2.62 bits per heavy atom. The molecule has 0 aliphatic carbocycles. The van der Waals surface area contributed by atoms with E-state index in [4.69, 9.17) is 28.9 Å².